The number of carbonyl (C=O) groups excluding carboxylic acids is 1. The average Bonchev–Trinajstić information content (AvgIpc) is 2.23. The highest BCUT2D eigenvalue weighted by Crippen LogP contribution is 2.45. The molecule has 1 aliphatic heterocycles. The molecule has 0 amide bonds. The van der Waals surface area contributed by atoms with E-state index in [4.69, 9.17) is 27.3 Å². The molecule has 1 saturated heterocycles. The molecule has 84 valence electrons. The van der Waals surface area contributed by atoms with Crippen molar-refractivity contribution in [2.75, 3.05) is 6.16 Å². The molecule has 1 aliphatic rings. The lowest BCUT2D eigenvalue weighted by molar-refractivity contribution is -0.126. The molecule has 1 heterocycles. The second kappa shape index (κ2) is 4.09. The van der Waals surface area contributed by atoms with Crippen LogP contribution in [0.25, 0.3) is 0 Å². The van der Waals surface area contributed by atoms with Gasteiger partial charge in [-0.15, -0.1) is 0 Å². The van der Waals surface area contributed by atoms with Gasteiger partial charge in [-0.3, -0.25) is 4.79 Å². The third-order valence-electron chi connectivity index (χ3n) is 2.25. The summed E-state index contributed by atoms with van der Waals surface area (Å²) in [5, 5.41) is 9.60. The zero-order chi connectivity index (χ0) is 11.9. The number of ketones is 1. The first-order valence-corrected chi connectivity index (χ1v) is 6.17. The molecule has 0 aliphatic carbocycles. The fraction of sp³-hybridized carbons (Fsp3) is 0.857. The van der Waals surface area contributed by atoms with E-state index in [0.717, 1.165) is 0 Å². The molecule has 0 aromatic rings. The van der Waals surface area contributed by atoms with Crippen LogP contribution in [0.15, 0.2) is 0 Å². The second-order valence-electron chi connectivity index (χ2n) is 3.92. The third-order valence-corrected chi connectivity index (χ3v) is 2.99. The second-order valence-corrected chi connectivity index (χ2v) is 5.63. The van der Waals surface area contributed by atoms with Gasteiger partial charge in [0.05, 0.1) is 5.60 Å². The van der Waals surface area contributed by atoms with Gasteiger partial charge in [-0.2, -0.15) is 14.7 Å². The molecule has 6 nitrogen and oxygen atoms in total. The molecule has 0 bridgehead atoms. The van der Waals surface area contributed by atoms with Crippen LogP contribution in [-0.4, -0.2) is 57.3 Å². The Morgan fingerprint density at radius 1 is 1.60 bits per heavy atom. The molecule has 0 saturated carbocycles. The van der Waals surface area contributed by atoms with Crippen molar-refractivity contribution in [1.82, 2.24) is 0 Å². The van der Waals surface area contributed by atoms with Crippen molar-refractivity contribution in [2.24, 2.45) is 0 Å². The van der Waals surface area contributed by atoms with Gasteiger partial charge >= 0.3 is 7.94 Å². The number of hydrogen-bond acceptors (Lipinski definition) is 6. The van der Waals surface area contributed by atoms with E-state index < -0.39 is 37.6 Å². The molecule has 0 spiro atoms. The molecule has 1 fully saturated rings. The smallest absolute Gasteiger partial charge is 0.388 e. The fourth-order valence-electron chi connectivity index (χ4n) is 1.36. The van der Waals surface area contributed by atoms with Gasteiger partial charge in [0.25, 0.3) is 0 Å². The summed E-state index contributed by atoms with van der Waals surface area (Å²) in [6.45, 7) is 1.42. The van der Waals surface area contributed by atoms with Gasteiger partial charge in [-0.1, -0.05) is 0 Å². The summed E-state index contributed by atoms with van der Waals surface area (Å²) in [6, 6.07) is -0.990. The van der Waals surface area contributed by atoms with Gasteiger partial charge < -0.3 is 9.84 Å². The van der Waals surface area contributed by atoms with Crippen molar-refractivity contribution in [3.05, 3.63) is 0 Å². The van der Waals surface area contributed by atoms with Crippen LogP contribution in [0.1, 0.15) is 13.3 Å². The highest BCUT2D eigenvalue weighted by molar-refractivity contribution is 7.59. The van der Waals surface area contributed by atoms with E-state index in [1.54, 1.807) is 0 Å². The van der Waals surface area contributed by atoms with E-state index in [-0.39, 0.29) is 6.42 Å². The van der Waals surface area contributed by atoms with E-state index in [9.17, 15) is 9.90 Å². The molecule has 3 unspecified atom stereocenters. The quantitative estimate of drug-likeness (QED) is 0.344. The Morgan fingerprint density at radius 3 is 2.47 bits per heavy atom. The minimum absolute atomic E-state index is 0.0208. The van der Waals surface area contributed by atoms with Crippen molar-refractivity contribution in [1.29, 1.82) is 0 Å². The van der Waals surface area contributed by atoms with Gasteiger partial charge in [-0.25, -0.2) is 0 Å². The van der Waals surface area contributed by atoms with Crippen molar-refractivity contribution < 1.29 is 29.3 Å². The molecule has 0 aromatic heterocycles. The minimum atomic E-state index is -4.14. The lowest BCUT2D eigenvalue weighted by atomic mass is 9.83. The van der Waals surface area contributed by atoms with Gasteiger partial charge in [-0.05, 0) is 6.92 Å². The number of ether oxygens (including phenoxy) is 1. The molecule has 2 radical (unpaired) electrons. The topological polar surface area (TPSA) is 107 Å². The largest absolute Gasteiger partial charge is 0.411 e. The normalized spacial score (nSPS) is 36.9. The van der Waals surface area contributed by atoms with Gasteiger partial charge in [0, 0.05) is 12.4 Å². The molecule has 1 rings (SSSR count). The molecule has 3 atom stereocenters. The van der Waals surface area contributed by atoms with Crippen molar-refractivity contribution in [3.63, 3.8) is 0 Å². The number of aliphatic hydroxyl groups is 1. The molecular weight excluding hydrogens is 222 g/mol. The Labute approximate surface area is 88.9 Å². The van der Waals surface area contributed by atoms with Crippen LogP contribution in [0.2, 0.25) is 0 Å². The molecule has 8 heteroatoms. The van der Waals surface area contributed by atoms with Gasteiger partial charge in [0.1, 0.15) is 14.0 Å². The Bertz CT molecular complexity index is 263. The van der Waals surface area contributed by atoms with Crippen LogP contribution in [0.5, 0.6) is 0 Å². The summed E-state index contributed by atoms with van der Waals surface area (Å²) in [4.78, 5) is 37.4. The lowest BCUT2D eigenvalue weighted by Gasteiger charge is -2.19. The zero-order valence-corrected chi connectivity index (χ0v) is 9.09. The van der Waals surface area contributed by atoms with E-state index in [1.165, 1.54) is 6.92 Å². The SMILES string of the molecule is [B]C1OC(C(=O)C[P+](O)(O)O)CC1(C)O. The number of carbonyl (C=O) groups is 1. The van der Waals surface area contributed by atoms with Crippen LogP contribution in [-0.2, 0) is 9.53 Å². The van der Waals surface area contributed by atoms with E-state index in [2.05, 4.69) is 0 Å². The van der Waals surface area contributed by atoms with Crippen LogP contribution in [0.4, 0.5) is 0 Å². The number of hydrogen-bond donors (Lipinski definition) is 4. The Hall–Kier alpha value is -0.0351. The first-order valence-electron chi connectivity index (χ1n) is 4.34. The summed E-state index contributed by atoms with van der Waals surface area (Å²) in [7, 11) is 1.26. The summed E-state index contributed by atoms with van der Waals surface area (Å²) in [5.74, 6) is -0.677. The zero-order valence-electron chi connectivity index (χ0n) is 8.20. The van der Waals surface area contributed by atoms with Crippen molar-refractivity contribution in [2.45, 2.75) is 31.1 Å². The Balaban J connectivity index is 2.58. The molecule has 0 aromatic carbocycles. The first-order chi connectivity index (χ1) is 6.62. The van der Waals surface area contributed by atoms with E-state index in [1.807, 2.05) is 0 Å². The van der Waals surface area contributed by atoms with Crippen LogP contribution < -0.4 is 0 Å². The minimum Gasteiger partial charge on any atom is -0.388 e. The van der Waals surface area contributed by atoms with Crippen LogP contribution >= 0.6 is 7.94 Å². The van der Waals surface area contributed by atoms with E-state index in [0.29, 0.717) is 0 Å². The summed E-state index contributed by atoms with van der Waals surface area (Å²) in [5.41, 5.74) is -1.32. The number of Topliss-reactive ketones (excluding diaryl/α,β-unsaturated/α-hetero) is 1. The Kier molecular flexibility index (Phi) is 3.55. The van der Waals surface area contributed by atoms with Crippen LogP contribution in [0.3, 0.4) is 0 Å². The van der Waals surface area contributed by atoms with Crippen molar-refractivity contribution in [3.8, 4) is 0 Å². The first kappa shape index (κ1) is 13.0. The van der Waals surface area contributed by atoms with Gasteiger partial charge in [0.15, 0.2) is 0 Å². The highest BCUT2D eigenvalue weighted by Gasteiger charge is 2.46. The summed E-state index contributed by atoms with van der Waals surface area (Å²) >= 11 is 0. The predicted octanol–water partition coefficient (Wildman–Crippen LogP) is -1.67. The molecule has 4 N–H and O–H groups in total. The fourth-order valence-corrected chi connectivity index (χ4v) is 1.99. The summed E-state index contributed by atoms with van der Waals surface area (Å²) < 4.78 is 4.95. The number of rotatable bonds is 3. The maximum atomic E-state index is 11.4. The predicted molar refractivity (Wildman–Crippen MR) is 53.1 cm³/mol. The molecule has 15 heavy (non-hydrogen) atoms. The maximum absolute atomic E-state index is 11.4. The lowest BCUT2D eigenvalue weighted by Crippen LogP contribution is -2.34. The standard InChI is InChI=1S/C7H13BO6P/c1-7(10)2-5(14-6(7)8)4(9)3-15(11,12)13/h5-6,10-13H,2-3H2,1H3/q+1. The molecular formula is C7H13BO6P+. The third kappa shape index (κ3) is 3.48. The van der Waals surface area contributed by atoms with Gasteiger partial charge in [0.2, 0.25) is 11.9 Å². The average molecular weight is 235 g/mol. The Morgan fingerprint density at radius 2 is 2.13 bits per heavy atom. The summed E-state index contributed by atoms with van der Waals surface area (Å²) in [6.07, 6.45) is -1.80. The highest BCUT2D eigenvalue weighted by atomic mass is 31.2. The van der Waals surface area contributed by atoms with Crippen LogP contribution in [0, 0.1) is 0 Å². The monoisotopic (exact) mass is 235 g/mol. The maximum Gasteiger partial charge on any atom is 0.411 e. The van der Waals surface area contributed by atoms with E-state index >= 15 is 0 Å². The van der Waals surface area contributed by atoms with Crippen molar-refractivity contribution >= 4 is 21.6 Å².